The molecule has 0 aliphatic heterocycles. The van der Waals surface area contributed by atoms with E-state index in [0.29, 0.717) is 12.2 Å². The van der Waals surface area contributed by atoms with Gasteiger partial charge in [-0.3, -0.25) is 4.79 Å². The van der Waals surface area contributed by atoms with Crippen LogP contribution in [0.3, 0.4) is 0 Å². The first-order valence-corrected chi connectivity index (χ1v) is 5.95. The predicted octanol–water partition coefficient (Wildman–Crippen LogP) is 3.85. The number of ketones is 1. The minimum absolute atomic E-state index is 0.197. The Labute approximate surface area is 98.9 Å². The fourth-order valence-corrected chi connectivity index (χ4v) is 1.79. The van der Waals surface area contributed by atoms with Gasteiger partial charge >= 0.3 is 0 Å². The summed E-state index contributed by atoms with van der Waals surface area (Å²) in [6.45, 7) is 10.3. The van der Waals surface area contributed by atoms with Gasteiger partial charge in [-0.1, -0.05) is 50.1 Å². The Kier molecular flexibility index (Phi) is 3.90. The monoisotopic (exact) mass is 218 g/mol. The summed E-state index contributed by atoms with van der Waals surface area (Å²) in [5, 5.41) is 0. The summed E-state index contributed by atoms with van der Waals surface area (Å²) < 4.78 is 0. The van der Waals surface area contributed by atoms with Gasteiger partial charge < -0.3 is 0 Å². The summed E-state index contributed by atoms with van der Waals surface area (Å²) in [5.41, 5.74) is 3.41. The molecule has 88 valence electrons. The number of carbonyl (C=O) groups is 1. The minimum atomic E-state index is -0.197. The van der Waals surface area contributed by atoms with E-state index in [4.69, 9.17) is 0 Å². The van der Waals surface area contributed by atoms with Gasteiger partial charge in [-0.25, -0.2) is 0 Å². The smallest absolute Gasteiger partial charge is 0.142 e. The quantitative estimate of drug-likeness (QED) is 0.750. The number of Topliss-reactive ketones (excluding diaryl/α,β-unsaturated/α-hetero) is 1. The largest absolute Gasteiger partial charge is 0.299 e. The number of benzene rings is 1. The molecule has 1 rings (SSSR count). The molecule has 0 unspecified atom stereocenters. The molecule has 0 radical (unpaired) electrons. The van der Waals surface area contributed by atoms with Gasteiger partial charge in [0, 0.05) is 11.8 Å². The van der Waals surface area contributed by atoms with Crippen LogP contribution in [0.4, 0.5) is 0 Å². The van der Waals surface area contributed by atoms with Crippen LogP contribution in [0.15, 0.2) is 18.2 Å². The van der Waals surface area contributed by atoms with Crippen molar-refractivity contribution in [2.45, 2.75) is 47.5 Å². The van der Waals surface area contributed by atoms with Crippen molar-refractivity contribution in [1.29, 1.82) is 0 Å². The lowest BCUT2D eigenvalue weighted by Crippen LogP contribution is -2.25. The van der Waals surface area contributed by atoms with E-state index in [0.717, 1.165) is 12.0 Å². The Hall–Kier alpha value is -1.11. The molecule has 0 atom stereocenters. The summed E-state index contributed by atoms with van der Waals surface area (Å²) in [4.78, 5) is 12.1. The van der Waals surface area contributed by atoms with E-state index in [1.807, 2.05) is 13.8 Å². The summed E-state index contributed by atoms with van der Waals surface area (Å²) in [6.07, 6.45) is 1.46. The van der Waals surface area contributed by atoms with E-state index in [1.165, 1.54) is 11.1 Å². The average Bonchev–Trinajstić information content (AvgIpc) is 2.15. The van der Waals surface area contributed by atoms with Crippen molar-refractivity contribution >= 4 is 5.78 Å². The Morgan fingerprint density at radius 3 is 2.06 bits per heavy atom. The van der Waals surface area contributed by atoms with Crippen LogP contribution < -0.4 is 0 Å². The molecular weight excluding hydrogens is 196 g/mol. The Morgan fingerprint density at radius 2 is 1.62 bits per heavy atom. The maximum atomic E-state index is 12.1. The number of hydrogen-bond donors (Lipinski definition) is 0. The lowest BCUT2D eigenvalue weighted by Gasteiger charge is -2.21. The molecule has 1 heteroatoms. The highest BCUT2D eigenvalue weighted by Gasteiger charge is 2.24. The van der Waals surface area contributed by atoms with Crippen molar-refractivity contribution in [3.63, 3.8) is 0 Å². The number of rotatable bonds is 4. The van der Waals surface area contributed by atoms with Crippen molar-refractivity contribution in [3.05, 3.63) is 34.9 Å². The molecule has 0 spiro atoms. The van der Waals surface area contributed by atoms with Crippen LogP contribution in [0.2, 0.25) is 0 Å². The third-order valence-corrected chi connectivity index (χ3v) is 3.28. The molecule has 0 bridgehead atoms. The van der Waals surface area contributed by atoms with Crippen LogP contribution in [0.5, 0.6) is 0 Å². The highest BCUT2D eigenvalue weighted by Crippen LogP contribution is 2.23. The average molecular weight is 218 g/mol. The molecule has 0 aliphatic carbocycles. The topological polar surface area (TPSA) is 17.1 Å². The highest BCUT2D eigenvalue weighted by molar-refractivity contribution is 5.86. The van der Waals surface area contributed by atoms with Gasteiger partial charge in [0.2, 0.25) is 0 Å². The van der Waals surface area contributed by atoms with E-state index >= 15 is 0 Å². The summed E-state index contributed by atoms with van der Waals surface area (Å²) in [6, 6.07) is 6.35. The minimum Gasteiger partial charge on any atom is -0.299 e. The second kappa shape index (κ2) is 4.82. The van der Waals surface area contributed by atoms with Crippen molar-refractivity contribution < 1.29 is 4.79 Å². The van der Waals surface area contributed by atoms with Crippen LogP contribution >= 0.6 is 0 Å². The van der Waals surface area contributed by atoms with Crippen molar-refractivity contribution in [2.75, 3.05) is 0 Å². The van der Waals surface area contributed by atoms with Gasteiger partial charge in [-0.2, -0.15) is 0 Å². The standard InChI is InChI=1S/C15H22O/c1-6-15(4,5)14(16)10-13-8-11(2)7-12(3)9-13/h7-9H,6,10H2,1-5H3. The molecule has 0 fully saturated rings. The van der Waals surface area contributed by atoms with Gasteiger partial charge in [-0.15, -0.1) is 0 Å². The maximum Gasteiger partial charge on any atom is 0.142 e. The summed E-state index contributed by atoms with van der Waals surface area (Å²) >= 11 is 0. The zero-order valence-electron chi connectivity index (χ0n) is 11.1. The fraction of sp³-hybridized carbons (Fsp3) is 0.533. The van der Waals surface area contributed by atoms with E-state index in [2.05, 4.69) is 39.0 Å². The van der Waals surface area contributed by atoms with Crippen LogP contribution in [0.25, 0.3) is 0 Å². The molecule has 0 heterocycles. The van der Waals surface area contributed by atoms with E-state index in [9.17, 15) is 4.79 Å². The second-order valence-corrected chi connectivity index (χ2v) is 5.33. The number of aryl methyl sites for hydroxylation is 2. The first kappa shape index (κ1) is 13.0. The van der Waals surface area contributed by atoms with E-state index in [1.54, 1.807) is 0 Å². The molecule has 1 nitrogen and oxygen atoms in total. The normalized spacial score (nSPS) is 11.6. The third kappa shape index (κ3) is 3.19. The molecule has 0 amide bonds. The van der Waals surface area contributed by atoms with Crippen molar-refractivity contribution in [1.82, 2.24) is 0 Å². The number of hydrogen-bond acceptors (Lipinski definition) is 1. The Balaban J connectivity index is 2.85. The SMILES string of the molecule is CCC(C)(C)C(=O)Cc1cc(C)cc(C)c1. The maximum absolute atomic E-state index is 12.1. The first-order chi connectivity index (χ1) is 7.35. The Bertz CT molecular complexity index is 368. The van der Waals surface area contributed by atoms with Crippen LogP contribution in [-0.4, -0.2) is 5.78 Å². The molecule has 1 aromatic carbocycles. The zero-order chi connectivity index (χ0) is 12.3. The van der Waals surface area contributed by atoms with E-state index < -0.39 is 0 Å². The fourth-order valence-electron chi connectivity index (χ4n) is 1.79. The predicted molar refractivity (Wildman–Crippen MR) is 68.7 cm³/mol. The van der Waals surface area contributed by atoms with Gasteiger partial charge in [0.1, 0.15) is 5.78 Å². The van der Waals surface area contributed by atoms with Crippen molar-refractivity contribution in [2.24, 2.45) is 5.41 Å². The molecular formula is C15H22O. The lowest BCUT2D eigenvalue weighted by molar-refractivity contribution is -0.126. The molecule has 0 aliphatic rings. The van der Waals surface area contributed by atoms with Gasteiger partial charge in [0.05, 0.1) is 0 Å². The molecule has 16 heavy (non-hydrogen) atoms. The third-order valence-electron chi connectivity index (χ3n) is 3.28. The second-order valence-electron chi connectivity index (χ2n) is 5.33. The molecule has 1 aromatic rings. The zero-order valence-corrected chi connectivity index (χ0v) is 11.1. The van der Waals surface area contributed by atoms with Crippen LogP contribution in [0.1, 0.15) is 43.9 Å². The highest BCUT2D eigenvalue weighted by atomic mass is 16.1. The lowest BCUT2D eigenvalue weighted by atomic mass is 9.82. The van der Waals surface area contributed by atoms with E-state index in [-0.39, 0.29) is 5.41 Å². The first-order valence-electron chi connectivity index (χ1n) is 5.95. The summed E-state index contributed by atoms with van der Waals surface area (Å²) in [7, 11) is 0. The number of carbonyl (C=O) groups excluding carboxylic acids is 1. The molecule has 0 saturated carbocycles. The van der Waals surface area contributed by atoms with Crippen molar-refractivity contribution in [3.8, 4) is 0 Å². The molecule has 0 N–H and O–H groups in total. The van der Waals surface area contributed by atoms with Gasteiger partial charge in [-0.05, 0) is 25.8 Å². The van der Waals surface area contributed by atoms with Gasteiger partial charge in [0.15, 0.2) is 0 Å². The van der Waals surface area contributed by atoms with Crippen LogP contribution in [-0.2, 0) is 11.2 Å². The molecule has 0 aromatic heterocycles. The molecule has 0 saturated heterocycles. The summed E-state index contributed by atoms with van der Waals surface area (Å²) in [5.74, 6) is 0.333. The van der Waals surface area contributed by atoms with Gasteiger partial charge in [0.25, 0.3) is 0 Å². The Morgan fingerprint density at radius 1 is 1.12 bits per heavy atom. The van der Waals surface area contributed by atoms with Crippen LogP contribution in [0, 0.1) is 19.3 Å².